The molecular weight excluding hydrogens is 264 g/mol. The third kappa shape index (κ3) is 9.47. The molecular formula is C14H24O6. The molecule has 116 valence electrons. The Hall–Kier alpha value is -1.46. The summed E-state index contributed by atoms with van der Waals surface area (Å²) in [5.74, 6) is 0. The van der Waals surface area contributed by atoms with Crippen LogP contribution in [-0.2, 0) is 18.9 Å². The zero-order valence-electron chi connectivity index (χ0n) is 11.9. The molecule has 1 heterocycles. The summed E-state index contributed by atoms with van der Waals surface area (Å²) in [5, 5.41) is 0. The summed E-state index contributed by atoms with van der Waals surface area (Å²) in [6.07, 6.45) is 5.75. The van der Waals surface area contributed by atoms with Crippen LogP contribution in [0.1, 0.15) is 51.4 Å². The molecule has 1 rings (SSSR count). The number of carbonyl (C=O) groups is 2. The quantitative estimate of drug-likeness (QED) is 0.636. The normalized spacial score (nSPS) is 21.4. The van der Waals surface area contributed by atoms with Crippen LogP contribution in [0.4, 0.5) is 9.59 Å². The maximum atomic E-state index is 11.2. The minimum Gasteiger partial charge on any atom is -0.434 e. The molecule has 1 aliphatic rings. The standard InChI is InChI=1S/C14H24O6/c15-13-17-9-5-2-1-3-6-10-18-14(16)20-12-8-4-7-11-19-13/h1-12H2. The van der Waals surface area contributed by atoms with Gasteiger partial charge in [-0.25, -0.2) is 9.59 Å². The molecule has 0 aromatic rings. The number of ether oxygens (including phenoxy) is 4. The van der Waals surface area contributed by atoms with Gasteiger partial charge in [0.25, 0.3) is 0 Å². The SMILES string of the molecule is O=C1OCCCCCCCOC(=O)OCCCCCO1. The van der Waals surface area contributed by atoms with Gasteiger partial charge in [-0.05, 0) is 32.1 Å². The van der Waals surface area contributed by atoms with Crippen molar-refractivity contribution in [1.82, 2.24) is 0 Å². The molecule has 0 aliphatic carbocycles. The number of hydrogen-bond acceptors (Lipinski definition) is 6. The number of cyclic esters (lactones) is 4. The highest BCUT2D eigenvalue weighted by Gasteiger charge is 2.05. The molecule has 0 aromatic heterocycles. The van der Waals surface area contributed by atoms with Gasteiger partial charge in [0.1, 0.15) is 0 Å². The van der Waals surface area contributed by atoms with Crippen LogP contribution < -0.4 is 0 Å². The van der Waals surface area contributed by atoms with Crippen molar-refractivity contribution in [2.75, 3.05) is 26.4 Å². The molecule has 1 fully saturated rings. The van der Waals surface area contributed by atoms with E-state index in [1.807, 2.05) is 0 Å². The molecule has 0 spiro atoms. The Balaban J connectivity index is 2.19. The van der Waals surface area contributed by atoms with E-state index in [0.717, 1.165) is 51.4 Å². The van der Waals surface area contributed by atoms with Crippen LogP contribution >= 0.6 is 0 Å². The Kier molecular flexibility index (Phi) is 9.44. The third-order valence-electron chi connectivity index (χ3n) is 2.96. The second-order valence-electron chi connectivity index (χ2n) is 4.72. The fourth-order valence-corrected chi connectivity index (χ4v) is 1.82. The highest BCUT2D eigenvalue weighted by Crippen LogP contribution is 2.05. The minimum absolute atomic E-state index is 0.337. The zero-order chi connectivity index (χ0) is 14.5. The minimum atomic E-state index is -0.592. The van der Waals surface area contributed by atoms with E-state index in [4.69, 9.17) is 18.9 Å². The monoisotopic (exact) mass is 288 g/mol. The van der Waals surface area contributed by atoms with Crippen molar-refractivity contribution in [2.45, 2.75) is 51.4 Å². The van der Waals surface area contributed by atoms with Crippen molar-refractivity contribution in [3.8, 4) is 0 Å². The second-order valence-corrected chi connectivity index (χ2v) is 4.72. The summed E-state index contributed by atoms with van der Waals surface area (Å²) in [5.41, 5.74) is 0. The zero-order valence-corrected chi connectivity index (χ0v) is 11.9. The maximum Gasteiger partial charge on any atom is 0.508 e. The van der Waals surface area contributed by atoms with Gasteiger partial charge in [-0.15, -0.1) is 0 Å². The molecule has 6 nitrogen and oxygen atoms in total. The van der Waals surface area contributed by atoms with E-state index in [0.29, 0.717) is 26.4 Å². The van der Waals surface area contributed by atoms with Crippen molar-refractivity contribution in [3.63, 3.8) is 0 Å². The number of rotatable bonds is 0. The van der Waals surface area contributed by atoms with Crippen LogP contribution in [0.15, 0.2) is 0 Å². The van der Waals surface area contributed by atoms with Crippen LogP contribution in [0.25, 0.3) is 0 Å². The van der Waals surface area contributed by atoms with Crippen LogP contribution in [0.3, 0.4) is 0 Å². The first-order valence-corrected chi connectivity index (χ1v) is 7.38. The summed E-state index contributed by atoms with van der Waals surface area (Å²) in [7, 11) is 0. The van der Waals surface area contributed by atoms with E-state index in [1.54, 1.807) is 0 Å². The molecule has 20 heavy (non-hydrogen) atoms. The predicted octanol–water partition coefficient (Wildman–Crippen LogP) is 3.43. The van der Waals surface area contributed by atoms with Gasteiger partial charge in [0.15, 0.2) is 0 Å². The molecule has 0 radical (unpaired) electrons. The van der Waals surface area contributed by atoms with Gasteiger partial charge in [-0.1, -0.05) is 19.3 Å². The molecule has 0 unspecified atom stereocenters. The molecule has 0 N–H and O–H groups in total. The molecule has 6 heteroatoms. The molecule has 1 saturated heterocycles. The lowest BCUT2D eigenvalue weighted by molar-refractivity contribution is 0.0478. The van der Waals surface area contributed by atoms with Gasteiger partial charge in [0.05, 0.1) is 26.4 Å². The van der Waals surface area contributed by atoms with Gasteiger partial charge in [-0.3, -0.25) is 0 Å². The Bertz CT molecular complexity index is 253. The highest BCUT2D eigenvalue weighted by molar-refractivity contribution is 5.60. The molecule has 0 amide bonds. The average molecular weight is 288 g/mol. The van der Waals surface area contributed by atoms with E-state index in [2.05, 4.69) is 0 Å². The lowest BCUT2D eigenvalue weighted by Gasteiger charge is -2.08. The first kappa shape index (κ1) is 16.6. The Labute approximate surface area is 119 Å². The maximum absolute atomic E-state index is 11.2. The summed E-state index contributed by atoms with van der Waals surface area (Å²) in [6, 6.07) is 0. The first-order valence-electron chi connectivity index (χ1n) is 7.38. The molecule has 0 aromatic carbocycles. The number of hydrogen-bond donors (Lipinski definition) is 0. The fraction of sp³-hybridized carbons (Fsp3) is 0.857. The molecule has 1 aliphatic heterocycles. The topological polar surface area (TPSA) is 71.1 Å². The van der Waals surface area contributed by atoms with Gasteiger partial charge in [0, 0.05) is 0 Å². The van der Waals surface area contributed by atoms with Gasteiger partial charge >= 0.3 is 12.3 Å². The Morgan fingerprint density at radius 1 is 0.450 bits per heavy atom. The van der Waals surface area contributed by atoms with Crippen LogP contribution in [-0.4, -0.2) is 38.7 Å². The predicted molar refractivity (Wildman–Crippen MR) is 71.5 cm³/mol. The first-order chi connectivity index (χ1) is 9.79. The molecule has 0 bridgehead atoms. The van der Waals surface area contributed by atoms with E-state index in [1.165, 1.54) is 0 Å². The van der Waals surface area contributed by atoms with Crippen molar-refractivity contribution in [2.24, 2.45) is 0 Å². The van der Waals surface area contributed by atoms with E-state index < -0.39 is 12.3 Å². The Morgan fingerprint density at radius 2 is 0.700 bits per heavy atom. The third-order valence-corrected chi connectivity index (χ3v) is 2.96. The fourth-order valence-electron chi connectivity index (χ4n) is 1.82. The lowest BCUT2D eigenvalue weighted by Crippen LogP contribution is -2.11. The summed E-state index contributed by atoms with van der Waals surface area (Å²) >= 11 is 0. The Morgan fingerprint density at radius 3 is 1.05 bits per heavy atom. The van der Waals surface area contributed by atoms with Crippen molar-refractivity contribution in [3.05, 3.63) is 0 Å². The largest absolute Gasteiger partial charge is 0.508 e. The lowest BCUT2D eigenvalue weighted by atomic mass is 10.1. The van der Waals surface area contributed by atoms with Crippen molar-refractivity contribution >= 4 is 12.3 Å². The van der Waals surface area contributed by atoms with Crippen LogP contribution in [0.5, 0.6) is 0 Å². The van der Waals surface area contributed by atoms with Crippen molar-refractivity contribution < 1.29 is 28.5 Å². The van der Waals surface area contributed by atoms with E-state index >= 15 is 0 Å². The summed E-state index contributed by atoms with van der Waals surface area (Å²) in [4.78, 5) is 22.4. The van der Waals surface area contributed by atoms with Gasteiger partial charge in [-0.2, -0.15) is 0 Å². The molecule has 0 saturated carbocycles. The van der Waals surface area contributed by atoms with Crippen LogP contribution in [0.2, 0.25) is 0 Å². The molecule has 0 atom stereocenters. The second kappa shape index (κ2) is 11.4. The summed E-state index contributed by atoms with van der Waals surface area (Å²) in [6.45, 7) is 1.48. The van der Waals surface area contributed by atoms with E-state index in [9.17, 15) is 9.59 Å². The van der Waals surface area contributed by atoms with E-state index in [-0.39, 0.29) is 0 Å². The highest BCUT2D eigenvalue weighted by atomic mass is 16.7. The average Bonchev–Trinajstić information content (AvgIpc) is 2.43. The van der Waals surface area contributed by atoms with Crippen LogP contribution in [0, 0.1) is 0 Å². The van der Waals surface area contributed by atoms with Gasteiger partial charge in [0.2, 0.25) is 0 Å². The number of carbonyl (C=O) groups excluding carboxylic acids is 2. The van der Waals surface area contributed by atoms with Crippen molar-refractivity contribution in [1.29, 1.82) is 0 Å². The van der Waals surface area contributed by atoms with Gasteiger partial charge < -0.3 is 18.9 Å². The summed E-state index contributed by atoms with van der Waals surface area (Å²) < 4.78 is 19.7. The smallest absolute Gasteiger partial charge is 0.434 e.